The van der Waals surface area contributed by atoms with E-state index in [-0.39, 0.29) is 5.97 Å². The molecule has 0 heterocycles. The van der Waals surface area contributed by atoms with Crippen LogP contribution in [-0.4, -0.2) is 19.1 Å². The van der Waals surface area contributed by atoms with E-state index >= 15 is 0 Å². The number of carbonyl (C=O) groups excluding carboxylic acids is 1. The molecule has 3 nitrogen and oxygen atoms in total. The Labute approximate surface area is 88.0 Å². The molecule has 0 bridgehead atoms. The second-order valence-electron chi connectivity index (χ2n) is 3.76. The monoisotopic (exact) mass is 203 g/mol. The lowest BCUT2D eigenvalue weighted by atomic mass is 10.1. The first-order valence-corrected chi connectivity index (χ1v) is 5.32. The third-order valence-corrected chi connectivity index (χ3v) is 1.73. The molecule has 0 saturated carbocycles. The van der Waals surface area contributed by atoms with Crippen LogP contribution in [0.25, 0.3) is 0 Å². The highest BCUT2D eigenvalue weighted by molar-refractivity contribution is 5.75. The van der Waals surface area contributed by atoms with E-state index in [1.54, 1.807) is 0 Å². The lowest BCUT2D eigenvalue weighted by Crippen LogP contribution is -2.32. The Kier molecular flexibility index (Phi) is 11.9. The summed E-state index contributed by atoms with van der Waals surface area (Å²) in [5.41, 5.74) is 5.45. The zero-order chi connectivity index (χ0) is 11.6. The van der Waals surface area contributed by atoms with Gasteiger partial charge in [-0.15, -0.1) is 0 Å². The Morgan fingerprint density at radius 1 is 1.29 bits per heavy atom. The SMILES string of the molecule is CCCC.COC(=O)[C@H](N)CC(C)C. The Morgan fingerprint density at radius 2 is 1.71 bits per heavy atom. The third kappa shape index (κ3) is 11.4. The van der Waals surface area contributed by atoms with Crippen molar-refractivity contribution in [3.05, 3.63) is 0 Å². The molecule has 1 atom stereocenters. The summed E-state index contributed by atoms with van der Waals surface area (Å²) >= 11 is 0. The van der Waals surface area contributed by atoms with Gasteiger partial charge in [-0.2, -0.15) is 0 Å². The predicted molar refractivity (Wildman–Crippen MR) is 60.0 cm³/mol. The minimum Gasteiger partial charge on any atom is -0.468 e. The number of esters is 1. The fourth-order valence-corrected chi connectivity index (χ4v) is 0.755. The summed E-state index contributed by atoms with van der Waals surface area (Å²) in [4.78, 5) is 10.7. The zero-order valence-electron chi connectivity index (χ0n) is 10.2. The van der Waals surface area contributed by atoms with Gasteiger partial charge in [0.1, 0.15) is 6.04 Å². The topological polar surface area (TPSA) is 52.3 Å². The summed E-state index contributed by atoms with van der Waals surface area (Å²) in [7, 11) is 1.35. The molecule has 0 saturated heterocycles. The first-order valence-electron chi connectivity index (χ1n) is 5.32. The lowest BCUT2D eigenvalue weighted by molar-refractivity contribution is -0.142. The number of methoxy groups -OCH3 is 1. The minimum atomic E-state index is -0.454. The molecular weight excluding hydrogens is 178 g/mol. The highest BCUT2D eigenvalue weighted by Gasteiger charge is 2.14. The summed E-state index contributed by atoms with van der Waals surface area (Å²) < 4.78 is 4.45. The number of hydrogen-bond acceptors (Lipinski definition) is 3. The number of nitrogens with two attached hydrogens (primary N) is 1. The number of rotatable bonds is 4. The van der Waals surface area contributed by atoms with Crippen molar-refractivity contribution in [3.63, 3.8) is 0 Å². The van der Waals surface area contributed by atoms with Crippen molar-refractivity contribution >= 4 is 5.97 Å². The third-order valence-electron chi connectivity index (χ3n) is 1.73. The standard InChI is InChI=1S/C7H15NO2.C4H10/c1-5(2)4-6(8)7(9)10-3;1-3-4-2/h5-6H,4,8H2,1-3H3;3-4H2,1-2H3/t6-;/m1./s1. The molecule has 0 fully saturated rings. The van der Waals surface area contributed by atoms with Gasteiger partial charge in [0, 0.05) is 0 Å². The van der Waals surface area contributed by atoms with E-state index < -0.39 is 6.04 Å². The van der Waals surface area contributed by atoms with Gasteiger partial charge in [-0.3, -0.25) is 4.79 Å². The molecule has 0 unspecified atom stereocenters. The number of carbonyl (C=O) groups is 1. The maximum absolute atomic E-state index is 10.7. The molecule has 14 heavy (non-hydrogen) atoms. The molecule has 0 aromatic carbocycles. The van der Waals surface area contributed by atoms with Gasteiger partial charge in [0.25, 0.3) is 0 Å². The van der Waals surface area contributed by atoms with Crippen molar-refractivity contribution in [2.45, 2.75) is 53.0 Å². The molecule has 0 aliphatic heterocycles. The molecule has 0 aromatic heterocycles. The van der Waals surface area contributed by atoms with Crippen LogP contribution in [0, 0.1) is 5.92 Å². The van der Waals surface area contributed by atoms with Crippen LogP contribution in [0.5, 0.6) is 0 Å². The molecular formula is C11H25NO2. The maximum Gasteiger partial charge on any atom is 0.322 e. The Balaban J connectivity index is 0. The summed E-state index contributed by atoms with van der Waals surface area (Å²) in [6.07, 6.45) is 3.33. The van der Waals surface area contributed by atoms with Crippen molar-refractivity contribution < 1.29 is 9.53 Å². The molecule has 0 aliphatic carbocycles. The van der Waals surface area contributed by atoms with E-state index in [9.17, 15) is 4.79 Å². The van der Waals surface area contributed by atoms with Crippen LogP contribution in [0.3, 0.4) is 0 Å². The Hall–Kier alpha value is -0.570. The molecule has 86 valence electrons. The van der Waals surface area contributed by atoms with E-state index in [4.69, 9.17) is 5.73 Å². The van der Waals surface area contributed by atoms with Gasteiger partial charge in [0.2, 0.25) is 0 Å². The lowest BCUT2D eigenvalue weighted by Gasteiger charge is -2.10. The van der Waals surface area contributed by atoms with E-state index in [1.165, 1.54) is 20.0 Å². The summed E-state index contributed by atoms with van der Waals surface area (Å²) in [6, 6.07) is -0.454. The average Bonchev–Trinajstić information content (AvgIpc) is 2.16. The highest BCUT2D eigenvalue weighted by atomic mass is 16.5. The molecule has 0 aliphatic rings. The van der Waals surface area contributed by atoms with Crippen LogP contribution in [0.4, 0.5) is 0 Å². The van der Waals surface area contributed by atoms with E-state index in [0.717, 1.165) is 0 Å². The van der Waals surface area contributed by atoms with Crippen LogP contribution in [0.2, 0.25) is 0 Å². The van der Waals surface area contributed by atoms with Gasteiger partial charge in [0.15, 0.2) is 0 Å². The molecule has 0 rings (SSSR count). The van der Waals surface area contributed by atoms with Crippen LogP contribution in [0.15, 0.2) is 0 Å². The second kappa shape index (κ2) is 10.5. The van der Waals surface area contributed by atoms with Crippen molar-refractivity contribution in [3.8, 4) is 0 Å². The summed E-state index contributed by atoms with van der Waals surface area (Å²) in [5, 5.41) is 0. The average molecular weight is 203 g/mol. The van der Waals surface area contributed by atoms with Crippen molar-refractivity contribution in [2.75, 3.05) is 7.11 Å². The van der Waals surface area contributed by atoms with E-state index in [2.05, 4.69) is 18.6 Å². The molecule has 0 radical (unpaired) electrons. The van der Waals surface area contributed by atoms with Gasteiger partial charge in [-0.25, -0.2) is 0 Å². The smallest absolute Gasteiger partial charge is 0.322 e. The van der Waals surface area contributed by atoms with E-state index in [0.29, 0.717) is 12.3 Å². The van der Waals surface area contributed by atoms with Gasteiger partial charge >= 0.3 is 5.97 Å². The number of ether oxygens (including phenoxy) is 1. The fraction of sp³-hybridized carbons (Fsp3) is 0.909. The molecule has 3 heteroatoms. The summed E-state index contributed by atoms with van der Waals surface area (Å²) in [6.45, 7) is 8.39. The van der Waals surface area contributed by atoms with Crippen molar-refractivity contribution in [2.24, 2.45) is 11.7 Å². The summed E-state index contributed by atoms with van der Waals surface area (Å²) in [5.74, 6) is 0.114. The Bertz CT molecular complexity index is 133. The van der Waals surface area contributed by atoms with Crippen LogP contribution in [0.1, 0.15) is 47.0 Å². The minimum absolute atomic E-state index is 0.325. The molecule has 0 amide bonds. The quantitative estimate of drug-likeness (QED) is 0.713. The first kappa shape index (κ1) is 15.9. The predicted octanol–water partition coefficient (Wildman–Crippen LogP) is 2.34. The van der Waals surface area contributed by atoms with Gasteiger partial charge < -0.3 is 10.5 Å². The highest BCUT2D eigenvalue weighted by Crippen LogP contribution is 2.02. The van der Waals surface area contributed by atoms with Crippen molar-refractivity contribution in [1.82, 2.24) is 0 Å². The molecule has 2 N–H and O–H groups in total. The van der Waals surface area contributed by atoms with Gasteiger partial charge in [-0.05, 0) is 12.3 Å². The normalized spacial score (nSPS) is 11.6. The maximum atomic E-state index is 10.7. The van der Waals surface area contributed by atoms with E-state index in [1.807, 2.05) is 13.8 Å². The molecule has 0 aromatic rings. The zero-order valence-corrected chi connectivity index (χ0v) is 10.2. The number of unbranched alkanes of at least 4 members (excludes halogenated alkanes) is 1. The van der Waals surface area contributed by atoms with Crippen molar-refractivity contribution in [1.29, 1.82) is 0 Å². The van der Waals surface area contributed by atoms with Gasteiger partial charge in [-0.1, -0.05) is 40.5 Å². The Morgan fingerprint density at radius 3 is 1.93 bits per heavy atom. The first-order chi connectivity index (χ1) is 6.49. The number of hydrogen-bond donors (Lipinski definition) is 1. The van der Waals surface area contributed by atoms with Crippen LogP contribution >= 0.6 is 0 Å². The van der Waals surface area contributed by atoms with Crippen LogP contribution in [-0.2, 0) is 9.53 Å². The van der Waals surface area contributed by atoms with Crippen LogP contribution < -0.4 is 5.73 Å². The fourth-order valence-electron chi connectivity index (χ4n) is 0.755. The largest absolute Gasteiger partial charge is 0.468 e. The second-order valence-corrected chi connectivity index (χ2v) is 3.76. The molecule has 0 spiro atoms. The van der Waals surface area contributed by atoms with Gasteiger partial charge in [0.05, 0.1) is 7.11 Å².